The molecule has 17 heavy (non-hydrogen) atoms. The topological polar surface area (TPSA) is 29.5 Å². The van der Waals surface area contributed by atoms with Gasteiger partial charge in [-0.2, -0.15) is 11.8 Å². The van der Waals surface area contributed by atoms with Crippen molar-refractivity contribution in [3.63, 3.8) is 0 Å². The molecule has 4 heteroatoms. The van der Waals surface area contributed by atoms with E-state index in [2.05, 4.69) is 23.7 Å². The predicted octanol–water partition coefficient (Wildman–Crippen LogP) is 2.55. The Labute approximate surface area is 109 Å². The van der Waals surface area contributed by atoms with Crippen molar-refractivity contribution in [2.45, 2.75) is 45.1 Å². The van der Waals surface area contributed by atoms with Crippen LogP contribution < -0.4 is 0 Å². The molecule has 1 rings (SSSR count). The molecule has 0 radical (unpaired) electrons. The number of carbonyl (C=O) groups excluding carboxylic acids is 1. The third kappa shape index (κ3) is 6.32. The third-order valence-electron chi connectivity index (χ3n) is 3.23. The van der Waals surface area contributed by atoms with Gasteiger partial charge in [0.1, 0.15) is 0 Å². The maximum atomic E-state index is 11.1. The van der Waals surface area contributed by atoms with Crippen LogP contribution in [0.4, 0.5) is 0 Å². The summed E-state index contributed by atoms with van der Waals surface area (Å²) in [5, 5.41) is 0. The SMILES string of the molecule is CCOC(=O)CCCCCN(C)C1CCSC1. The lowest BCUT2D eigenvalue weighted by molar-refractivity contribution is -0.143. The molecule has 1 aliphatic rings. The fourth-order valence-corrected chi connectivity index (χ4v) is 3.39. The molecular weight excluding hydrogens is 234 g/mol. The van der Waals surface area contributed by atoms with E-state index >= 15 is 0 Å². The smallest absolute Gasteiger partial charge is 0.305 e. The Bertz CT molecular complexity index is 217. The third-order valence-corrected chi connectivity index (χ3v) is 4.37. The average molecular weight is 259 g/mol. The summed E-state index contributed by atoms with van der Waals surface area (Å²) in [6.45, 7) is 3.52. The molecule has 0 aromatic rings. The van der Waals surface area contributed by atoms with Crippen LogP contribution >= 0.6 is 11.8 Å². The molecule has 1 aliphatic heterocycles. The summed E-state index contributed by atoms with van der Waals surface area (Å²) in [5.74, 6) is 2.56. The maximum absolute atomic E-state index is 11.1. The van der Waals surface area contributed by atoms with Crippen molar-refractivity contribution in [2.75, 3.05) is 31.7 Å². The van der Waals surface area contributed by atoms with E-state index in [0.29, 0.717) is 13.0 Å². The molecule has 0 spiro atoms. The predicted molar refractivity (Wildman–Crippen MR) is 73.5 cm³/mol. The molecule has 0 amide bonds. The summed E-state index contributed by atoms with van der Waals surface area (Å²) >= 11 is 2.06. The monoisotopic (exact) mass is 259 g/mol. The Balaban J connectivity index is 1.94. The van der Waals surface area contributed by atoms with Crippen molar-refractivity contribution in [3.05, 3.63) is 0 Å². The van der Waals surface area contributed by atoms with Gasteiger partial charge < -0.3 is 9.64 Å². The van der Waals surface area contributed by atoms with Crippen LogP contribution in [0.1, 0.15) is 39.0 Å². The zero-order chi connectivity index (χ0) is 12.5. The van der Waals surface area contributed by atoms with E-state index in [9.17, 15) is 4.79 Å². The van der Waals surface area contributed by atoms with E-state index in [1.54, 1.807) is 0 Å². The number of nitrogens with zero attached hydrogens (tertiary/aromatic N) is 1. The van der Waals surface area contributed by atoms with Gasteiger partial charge in [0.25, 0.3) is 0 Å². The lowest BCUT2D eigenvalue weighted by Crippen LogP contribution is -2.32. The minimum atomic E-state index is -0.0481. The Morgan fingerprint density at radius 1 is 1.41 bits per heavy atom. The summed E-state index contributed by atoms with van der Waals surface area (Å²) in [6, 6.07) is 0.782. The van der Waals surface area contributed by atoms with Gasteiger partial charge in [-0.3, -0.25) is 4.79 Å². The molecule has 1 heterocycles. The Morgan fingerprint density at radius 3 is 2.88 bits per heavy atom. The van der Waals surface area contributed by atoms with Crippen LogP contribution in [0.2, 0.25) is 0 Å². The van der Waals surface area contributed by atoms with Crippen LogP contribution in [0, 0.1) is 0 Å². The second-order valence-electron chi connectivity index (χ2n) is 4.61. The summed E-state index contributed by atoms with van der Waals surface area (Å²) in [6.07, 6.45) is 5.20. The van der Waals surface area contributed by atoms with E-state index in [0.717, 1.165) is 25.4 Å². The van der Waals surface area contributed by atoms with Crippen LogP contribution in [-0.4, -0.2) is 48.6 Å². The number of esters is 1. The van der Waals surface area contributed by atoms with E-state index in [1.165, 1.54) is 24.3 Å². The summed E-state index contributed by atoms with van der Waals surface area (Å²) in [4.78, 5) is 13.6. The molecule has 0 aromatic carbocycles. The molecule has 0 aliphatic carbocycles. The molecule has 1 fully saturated rings. The van der Waals surface area contributed by atoms with Crippen molar-refractivity contribution in [1.29, 1.82) is 0 Å². The molecule has 0 saturated carbocycles. The first-order valence-corrected chi connectivity index (χ1v) is 7.83. The minimum Gasteiger partial charge on any atom is -0.466 e. The van der Waals surface area contributed by atoms with Crippen molar-refractivity contribution >= 4 is 17.7 Å². The Kier molecular flexibility index (Phi) is 7.69. The molecule has 0 bridgehead atoms. The van der Waals surface area contributed by atoms with Gasteiger partial charge in [0.2, 0.25) is 0 Å². The summed E-state index contributed by atoms with van der Waals surface area (Å²) in [7, 11) is 2.22. The van der Waals surface area contributed by atoms with Gasteiger partial charge in [0, 0.05) is 18.2 Å². The highest BCUT2D eigenvalue weighted by Crippen LogP contribution is 2.21. The van der Waals surface area contributed by atoms with Crippen molar-refractivity contribution in [3.8, 4) is 0 Å². The second kappa shape index (κ2) is 8.81. The van der Waals surface area contributed by atoms with Gasteiger partial charge in [-0.05, 0) is 45.5 Å². The highest BCUT2D eigenvalue weighted by molar-refractivity contribution is 7.99. The number of hydrogen-bond donors (Lipinski definition) is 0. The Hall–Kier alpha value is -0.220. The largest absolute Gasteiger partial charge is 0.466 e. The zero-order valence-corrected chi connectivity index (χ0v) is 11.9. The highest BCUT2D eigenvalue weighted by atomic mass is 32.2. The van der Waals surface area contributed by atoms with Crippen LogP contribution in [0.25, 0.3) is 0 Å². The molecule has 100 valence electrons. The number of thioether (sulfide) groups is 1. The van der Waals surface area contributed by atoms with Gasteiger partial charge in [0.15, 0.2) is 0 Å². The van der Waals surface area contributed by atoms with Crippen molar-refractivity contribution in [1.82, 2.24) is 4.90 Å². The van der Waals surface area contributed by atoms with Crippen LogP contribution in [-0.2, 0) is 9.53 Å². The quantitative estimate of drug-likeness (QED) is 0.495. The number of unbranched alkanes of at least 4 members (excludes halogenated alkanes) is 2. The van der Waals surface area contributed by atoms with Crippen LogP contribution in [0.5, 0.6) is 0 Å². The number of rotatable bonds is 8. The normalized spacial score (nSPS) is 19.8. The van der Waals surface area contributed by atoms with Gasteiger partial charge >= 0.3 is 5.97 Å². The van der Waals surface area contributed by atoms with Gasteiger partial charge in [-0.1, -0.05) is 6.42 Å². The molecule has 0 aromatic heterocycles. The number of carbonyl (C=O) groups is 1. The average Bonchev–Trinajstić information content (AvgIpc) is 2.82. The molecule has 3 nitrogen and oxygen atoms in total. The first kappa shape index (κ1) is 14.8. The first-order valence-electron chi connectivity index (χ1n) is 6.67. The van der Waals surface area contributed by atoms with Gasteiger partial charge in [-0.25, -0.2) is 0 Å². The second-order valence-corrected chi connectivity index (χ2v) is 5.76. The van der Waals surface area contributed by atoms with Gasteiger partial charge in [0.05, 0.1) is 6.61 Å². The molecule has 1 saturated heterocycles. The van der Waals surface area contributed by atoms with Crippen LogP contribution in [0.3, 0.4) is 0 Å². The summed E-state index contributed by atoms with van der Waals surface area (Å²) < 4.78 is 4.90. The molecule has 0 N–H and O–H groups in total. The molecule has 1 unspecified atom stereocenters. The maximum Gasteiger partial charge on any atom is 0.305 e. The number of ether oxygens (including phenoxy) is 1. The summed E-state index contributed by atoms with van der Waals surface area (Å²) in [5.41, 5.74) is 0. The van der Waals surface area contributed by atoms with E-state index in [-0.39, 0.29) is 5.97 Å². The Morgan fingerprint density at radius 2 is 2.24 bits per heavy atom. The van der Waals surface area contributed by atoms with Crippen LogP contribution in [0.15, 0.2) is 0 Å². The van der Waals surface area contributed by atoms with Gasteiger partial charge in [-0.15, -0.1) is 0 Å². The fourth-order valence-electron chi connectivity index (χ4n) is 2.09. The zero-order valence-electron chi connectivity index (χ0n) is 11.1. The fraction of sp³-hybridized carbons (Fsp3) is 0.923. The molecule has 1 atom stereocenters. The first-order chi connectivity index (χ1) is 8.24. The van der Waals surface area contributed by atoms with Crippen molar-refractivity contribution < 1.29 is 9.53 Å². The lowest BCUT2D eigenvalue weighted by atomic mass is 10.1. The highest BCUT2D eigenvalue weighted by Gasteiger charge is 2.19. The molecular formula is C13H25NO2S. The standard InChI is InChI=1S/C13H25NO2S/c1-3-16-13(15)7-5-4-6-9-14(2)12-8-10-17-11-12/h12H,3-11H2,1-2H3. The van der Waals surface area contributed by atoms with E-state index in [1.807, 2.05) is 6.92 Å². The minimum absolute atomic E-state index is 0.0481. The number of hydrogen-bond acceptors (Lipinski definition) is 4. The van der Waals surface area contributed by atoms with Crippen molar-refractivity contribution in [2.24, 2.45) is 0 Å². The van der Waals surface area contributed by atoms with E-state index < -0.39 is 0 Å². The lowest BCUT2D eigenvalue weighted by Gasteiger charge is -2.23. The van der Waals surface area contributed by atoms with E-state index in [4.69, 9.17) is 4.74 Å².